The fourth-order valence-corrected chi connectivity index (χ4v) is 2.71. The van der Waals surface area contributed by atoms with Crippen LogP contribution in [-0.2, 0) is 0 Å². The molecule has 3 rings (SSSR count). The van der Waals surface area contributed by atoms with Crippen LogP contribution < -0.4 is 0 Å². The molecule has 1 heterocycles. The number of hydrogen-bond donors (Lipinski definition) is 1. The molecule has 5 heteroatoms. The summed E-state index contributed by atoms with van der Waals surface area (Å²) in [6, 6.07) is 15.9. The first kappa shape index (κ1) is 16.0. The molecular formula is C19H15ClN2O2. The predicted octanol–water partition coefficient (Wildman–Crippen LogP) is 4.44. The van der Waals surface area contributed by atoms with Crippen molar-refractivity contribution in [3.8, 4) is 11.4 Å². The highest BCUT2D eigenvalue weighted by Crippen LogP contribution is 2.25. The van der Waals surface area contributed by atoms with Crippen molar-refractivity contribution in [2.75, 3.05) is 0 Å². The quantitative estimate of drug-likeness (QED) is 0.565. The van der Waals surface area contributed by atoms with Gasteiger partial charge in [-0.2, -0.15) is 5.10 Å². The van der Waals surface area contributed by atoms with Gasteiger partial charge in [0.2, 0.25) is 0 Å². The summed E-state index contributed by atoms with van der Waals surface area (Å²) in [5.41, 5.74) is 2.48. The molecule has 1 aromatic heterocycles. The number of nitrogens with zero attached hydrogens (tertiary/aromatic N) is 2. The fraction of sp³-hybridized carbons (Fsp3) is 0.0526. The highest BCUT2D eigenvalue weighted by atomic mass is 35.5. The average molecular weight is 339 g/mol. The minimum absolute atomic E-state index is 0.0463. The number of phenolic OH excluding ortho intramolecular Hbond substituents is 1. The molecule has 0 aliphatic heterocycles. The van der Waals surface area contributed by atoms with Crippen LogP contribution in [0, 0.1) is 6.92 Å². The van der Waals surface area contributed by atoms with Gasteiger partial charge in [0.15, 0.2) is 5.78 Å². The zero-order chi connectivity index (χ0) is 17.1. The van der Waals surface area contributed by atoms with Crippen LogP contribution in [0.5, 0.6) is 5.75 Å². The van der Waals surface area contributed by atoms with Crippen LogP contribution >= 0.6 is 11.6 Å². The number of hydrogen-bond acceptors (Lipinski definition) is 3. The SMILES string of the molecule is Cc1nn(-c2ccccc2)c(Cl)c1/C=C/C(=O)c1ccccc1O. The maximum atomic E-state index is 12.2. The Balaban J connectivity index is 1.92. The standard InChI is InChI=1S/C19H15ClN2O2/c1-13-15(11-12-18(24)16-9-5-6-10-17(16)23)19(20)22(21-13)14-7-3-2-4-8-14/h2-12,23H,1H3/b12-11+. The van der Waals surface area contributed by atoms with Crippen molar-refractivity contribution in [1.29, 1.82) is 0 Å². The molecule has 0 amide bonds. The van der Waals surface area contributed by atoms with Gasteiger partial charge in [0.05, 0.1) is 16.9 Å². The fourth-order valence-electron chi connectivity index (χ4n) is 2.37. The van der Waals surface area contributed by atoms with E-state index in [4.69, 9.17) is 11.6 Å². The van der Waals surface area contributed by atoms with Crippen LogP contribution in [0.3, 0.4) is 0 Å². The summed E-state index contributed by atoms with van der Waals surface area (Å²) in [6.45, 7) is 1.83. The van der Waals surface area contributed by atoms with E-state index in [-0.39, 0.29) is 17.1 Å². The van der Waals surface area contributed by atoms with Crippen molar-refractivity contribution in [1.82, 2.24) is 9.78 Å². The van der Waals surface area contributed by atoms with Crippen molar-refractivity contribution >= 4 is 23.5 Å². The van der Waals surface area contributed by atoms with Gasteiger partial charge in [-0.15, -0.1) is 0 Å². The van der Waals surface area contributed by atoms with Gasteiger partial charge in [-0.3, -0.25) is 4.79 Å². The molecule has 0 saturated carbocycles. The largest absolute Gasteiger partial charge is 0.507 e. The number of allylic oxidation sites excluding steroid dienone is 1. The van der Waals surface area contributed by atoms with E-state index in [0.717, 1.165) is 5.69 Å². The second kappa shape index (κ2) is 6.72. The van der Waals surface area contributed by atoms with Gasteiger partial charge in [0, 0.05) is 5.56 Å². The Bertz CT molecular complexity index is 914. The lowest BCUT2D eigenvalue weighted by Gasteiger charge is -2.02. The number of benzene rings is 2. The van der Waals surface area contributed by atoms with Gasteiger partial charge in [-0.25, -0.2) is 4.68 Å². The van der Waals surface area contributed by atoms with E-state index in [1.807, 2.05) is 37.3 Å². The molecule has 120 valence electrons. The van der Waals surface area contributed by atoms with Crippen LogP contribution in [0.15, 0.2) is 60.7 Å². The van der Waals surface area contributed by atoms with Crippen LogP contribution in [0.2, 0.25) is 5.15 Å². The van der Waals surface area contributed by atoms with E-state index in [0.29, 0.717) is 16.4 Å². The van der Waals surface area contributed by atoms with E-state index >= 15 is 0 Å². The van der Waals surface area contributed by atoms with Gasteiger partial charge >= 0.3 is 0 Å². The molecule has 3 aromatic rings. The van der Waals surface area contributed by atoms with Crippen molar-refractivity contribution in [3.05, 3.63) is 82.6 Å². The molecule has 24 heavy (non-hydrogen) atoms. The molecule has 0 radical (unpaired) electrons. The number of carbonyl (C=O) groups excluding carboxylic acids is 1. The van der Waals surface area contributed by atoms with Crippen LogP contribution in [0.4, 0.5) is 0 Å². The second-order valence-electron chi connectivity index (χ2n) is 5.25. The highest BCUT2D eigenvalue weighted by Gasteiger charge is 2.13. The van der Waals surface area contributed by atoms with E-state index in [9.17, 15) is 9.90 Å². The Morgan fingerprint density at radius 1 is 1.12 bits per heavy atom. The van der Waals surface area contributed by atoms with Crippen molar-refractivity contribution in [3.63, 3.8) is 0 Å². The van der Waals surface area contributed by atoms with Gasteiger partial charge in [0.1, 0.15) is 10.9 Å². The lowest BCUT2D eigenvalue weighted by molar-refractivity contribution is 0.104. The molecule has 0 unspecified atom stereocenters. The molecular weight excluding hydrogens is 324 g/mol. The molecule has 0 atom stereocenters. The highest BCUT2D eigenvalue weighted by molar-refractivity contribution is 6.31. The number of aryl methyl sites for hydroxylation is 1. The Kier molecular flexibility index (Phi) is 4.49. The van der Waals surface area contributed by atoms with Crippen molar-refractivity contribution in [2.24, 2.45) is 0 Å². The molecule has 0 bridgehead atoms. The van der Waals surface area contributed by atoms with Crippen LogP contribution in [0.25, 0.3) is 11.8 Å². The summed E-state index contributed by atoms with van der Waals surface area (Å²) in [4.78, 5) is 12.2. The maximum Gasteiger partial charge on any atom is 0.189 e. The monoisotopic (exact) mass is 338 g/mol. The summed E-state index contributed by atoms with van der Waals surface area (Å²) < 4.78 is 1.63. The second-order valence-corrected chi connectivity index (χ2v) is 5.61. The predicted molar refractivity (Wildman–Crippen MR) is 94.8 cm³/mol. The van der Waals surface area contributed by atoms with Gasteiger partial charge in [0.25, 0.3) is 0 Å². The Morgan fingerprint density at radius 3 is 2.50 bits per heavy atom. The number of halogens is 1. The molecule has 0 spiro atoms. The molecule has 0 aliphatic rings. The number of para-hydroxylation sites is 2. The van der Waals surface area contributed by atoms with E-state index in [2.05, 4.69) is 5.10 Å². The zero-order valence-electron chi connectivity index (χ0n) is 13.0. The Morgan fingerprint density at radius 2 is 1.79 bits per heavy atom. The van der Waals surface area contributed by atoms with E-state index in [1.54, 1.807) is 29.0 Å². The lowest BCUT2D eigenvalue weighted by Crippen LogP contribution is -1.96. The first-order chi connectivity index (χ1) is 11.6. The van der Waals surface area contributed by atoms with Crippen molar-refractivity contribution < 1.29 is 9.90 Å². The van der Waals surface area contributed by atoms with Crippen LogP contribution in [-0.4, -0.2) is 20.7 Å². The summed E-state index contributed by atoms with van der Waals surface area (Å²) in [5, 5.41) is 14.6. The van der Waals surface area contributed by atoms with Crippen LogP contribution in [0.1, 0.15) is 21.6 Å². The van der Waals surface area contributed by atoms with Crippen molar-refractivity contribution in [2.45, 2.75) is 6.92 Å². The number of rotatable bonds is 4. The third-order valence-electron chi connectivity index (χ3n) is 3.62. The summed E-state index contributed by atoms with van der Waals surface area (Å²) in [7, 11) is 0. The average Bonchev–Trinajstić information content (AvgIpc) is 2.88. The minimum atomic E-state index is -0.295. The molecule has 0 aliphatic carbocycles. The molecule has 4 nitrogen and oxygen atoms in total. The number of ketones is 1. The topological polar surface area (TPSA) is 55.1 Å². The first-order valence-corrected chi connectivity index (χ1v) is 7.76. The number of aromatic hydroxyl groups is 1. The maximum absolute atomic E-state index is 12.2. The normalized spacial score (nSPS) is 11.1. The van der Waals surface area contributed by atoms with E-state index < -0.39 is 0 Å². The number of aromatic nitrogens is 2. The minimum Gasteiger partial charge on any atom is -0.507 e. The molecule has 1 N–H and O–H groups in total. The smallest absolute Gasteiger partial charge is 0.189 e. The third-order valence-corrected chi connectivity index (χ3v) is 3.98. The number of phenols is 1. The molecule has 0 saturated heterocycles. The molecule has 0 fully saturated rings. The number of carbonyl (C=O) groups is 1. The first-order valence-electron chi connectivity index (χ1n) is 7.39. The summed E-state index contributed by atoms with van der Waals surface area (Å²) >= 11 is 6.41. The third kappa shape index (κ3) is 3.09. The van der Waals surface area contributed by atoms with Gasteiger partial charge in [-0.1, -0.05) is 41.9 Å². The Hall–Kier alpha value is -2.85. The van der Waals surface area contributed by atoms with Gasteiger partial charge < -0.3 is 5.11 Å². The Labute approximate surface area is 144 Å². The lowest BCUT2D eigenvalue weighted by atomic mass is 10.1. The summed E-state index contributed by atoms with van der Waals surface area (Å²) in [6.07, 6.45) is 3.01. The van der Waals surface area contributed by atoms with E-state index in [1.165, 1.54) is 12.1 Å². The zero-order valence-corrected chi connectivity index (χ0v) is 13.7. The summed E-state index contributed by atoms with van der Waals surface area (Å²) in [5.74, 6) is -0.342. The van der Waals surface area contributed by atoms with Gasteiger partial charge in [-0.05, 0) is 43.3 Å². The molecule has 2 aromatic carbocycles.